The molecular weight excluding hydrogens is 504 g/mol. The van der Waals surface area contributed by atoms with Gasteiger partial charge >= 0.3 is 11.9 Å². The Kier molecular flexibility index (Phi) is 8.04. The van der Waals surface area contributed by atoms with E-state index < -0.39 is 52.6 Å². The van der Waals surface area contributed by atoms with E-state index in [-0.39, 0.29) is 30.1 Å². The number of carbonyl (C=O) groups is 3. The van der Waals surface area contributed by atoms with E-state index in [0.717, 1.165) is 6.54 Å². The summed E-state index contributed by atoms with van der Waals surface area (Å²) in [6, 6.07) is 0. The Hall–Kier alpha value is -2.69. The number of Topliss-reactive ketones (excluding diaryl/α,β-unsaturated/α-hetero) is 1. The maximum Gasteiger partial charge on any atom is 0.340 e. The third-order valence-corrected chi connectivity index (χ3v) is 9.16. The van der Waals surface area contributed by atoms with E-state index in [4.69, 9.17) is 14.2 Å². The van der Waals surface area contributed by atoms with Crippen molar-refractivity contribution in [1.82, 2.24) is 9.80 Å². The molecule has 4 aliphatic rings. The highest BCUT2D eigenvalue weighted by Gasteiger charge is 2.64. The zero-order valence-corrected chi connectivity index (χ0v) is 24.1. The summed E-state index contributed by atoms with van der Waals surface area (Å²) in [7, 11) is 7.19. The van der Waals surface area contributed by atoms with Gasteiger partial charge in [-0.25, -0.2) is 4.79 Å². The molecule has 1 saturated carbocycles. The molecule has 39 heavy (non-hydrogen) atoms. The smallest absolute Gasteiger partial charge is 0.340 e. The van der Waals surface area contributed by atoms with Crippen LogP contribution in [0.5, 0.6) is 0 Å². The molecule has 0 amide bonds. The molecule has 1 aliphatic heterocycles. The van der Waals surface area contributed by atoms with Gasteiger partial charge in [-0.2, -0.15) is 0 Å². The third-order valence-electron chi connectivity index (χ3n) is 9.16. The zero-order valence-electron chi connectivity index (χ0n) is 24.1. The minimum Gasteiger partial charge on any atom is -0.504 e. The molecule has 10 heteroatoms. The van der Waals surface area contributed by atoms with Crippen LogP contribution in [0.3, 0.4) is 0 Å². The number of nitrogens with zero attached hydrogens (tertiary/aromatic N) is 2. The summed E-state index contributed by atoms with van der Waals surface area (Å²) < 4.78 is 17.4. The third kappa shape index (κ3) is 4.70. The van der Waals surface area contributed by atoms with Crippen LogP contribution < -0.4 is 0 Å². The molecule has 0 spiro atoms. The monoisotopic (exact) mass is 546 g/mol. The average molecular weight is 547 g/mol. The molecule has 1 heterocycles. The van der Waals surface area contributed by atoms with Crippen LogP contribution in [0, 0.1) is 16.7 Å². The molecule has 0 bridgehead atoms. The van der Waals surface area contributed by atoms with Gasteiger partial charge in [0.05, 0.1) is 23.7 Å². The first kappa shape index (κ1) is 29.3. The summed E-state index contributed by atoms with van der Waals surface area (Å²) in [6.07, 6.45) is 0.694. The Morgan fingerprint density at radius 1 is 1.18 bits per heavy atom. The fourth-order valence-corrected chi connectivity index (χ4v) is 6.96. The fraction of sp³-hybridized carbons (Fsp3) is 0.690. The maximum absolute atomic E-state index is 14.0. The van der Waals surface area contributed by atoms with Crippen LogP contribution in [-0.2, 0) is 28.6 Å². The number of ether oxygens (including phenoxy) is 3. The molecule has 6 unspecified atom stereocenters. The normalized spacial score (nSPS) is 35.2. The lowest BCUT2D eigenvalue weighted by Gasteiger charge is -2.54. The predicted octanol–water partition coefficient (Wildman–Crippen LogP) is 2.14. The second kappa shape index (κ2) is 10.7. The van der Waals surface area contributed by atoms with Gasteiger partial charge < -0.3 is 34.2 Å². The first-order chi connectivity index (χ1) is 18.3. The number of likely N-dealkylation sites (N-methyl/N-ethyl adjacent to an activating group) is 2. The Bertz CT molecular complexity index is 1140. The molecule has 2 N–H and O–H groups in total. The highest BCUT2D eigenvalue weighted by molar-refractivity contribution is 6.13. The lowest BCUT2D eigenvalue weighted by atomic mass is 9.53. The number of ketones is 1. The molecule has 10 nitrogen and oxygen atoms in total. The van der Waals surface area contributed by atoms with E-state index in [1.807, 2.05) is 44.8 Å². The lowest BCUT2D eigenvalue weighted by molar-refractivity contribution is -0.161. The number of cyclic esters (lactones) is 1. The first-order valence-electron chi connectivity index (χ1n) is 13.7. The lowest BCUT2D eigenvalue weighted by Crippen LogP contribution is -2.57. The van der Waals surface area contributed by atoms with Gasteiger partial charge in [0.15, 0.2) is 5.76 Å². The quantitative estimate of drug-likeness (QED) is 0.345. The molecule has 4 rings (SSSR count). The van der Waals surface area contributed by atoms with Crippen LogP contribution in [0.25, 0.3) is 0 Å². The van der Waals surface area contributed by atoms with Gasteiger partial charge in [-0.15, -0.1) is 0 Å². The van der Waals surface area contributed by atoms with Crippen LogP contribution in [-0.4, -0.2) is 104 Å². The van der Waals surface area contributed by atoms with Crippen LogP contribution in [0.1, 0.15) is 46.5 Å². The molecule has 6 atom stereocenters. The number of hydrogen-bond donors (Lipinski definition) is 2. The number of hydrogen-bond acceptors (Lipinski definition) is 10. The Labute approximate surface area is 230 Å². The van der Waals surface area contributed by atoms with Gasteiger partial charge in [0, 0.05) is 56.4 Å². The highest BCUT2D eigenvalue weighted by atomic mass is 16.6. The number of methoxy groups -OCH3 is 1. The molecular formula is C29H42N2O8. The summed E-state index contributed by atoms with van der Waals surface area (Å²) >= 11 is 0. The molecule has 2 fully saturated rings. The van der Waals surface area contributed by atoms with Crippen molar-refractivity contribution >= 4 is 17.7 Å². The van der Waals surface area contributed by atoms with Crippen molar-refractivity contribution in [2.75, 3.05) is 47.9 Å². The van der Waals surface area contributed by atoms with Gasteiger partial charge in [-0.3, -0.25) is 9.59 Å². The summed E-state index contributed by atoms with van der Waals surface area (Å²) in [4.78, 5) is 43.9. The molecule has 0 aromatic carbocycles. The Morgan fingerprint density at radius 2 is 1.87 bits per heavy atom. The van der Waals surface area contributed by atoms with E-state index in [1.165, 1.54) is 7.11 Å². The number of rotatable bonds is 8. The maximum atomic E-state index is 14.0. The van der Waals surface area contributed by atoms with E-state index in [1.54, 1.807) is 13.1 Å². The average Bonchev–Trinajstić information content (AvgIpc) is 3.17. The van der Waals surface area contributed by atoms with Gasteiger partial charge in [0.1, 0.15) is 12.2 Å². The predicted molar refractivity (Wildman–Crippen MR) is 142 cm³/mol. The van der Waals surface area contributed by atoms with Crippen molar-refractivity contribution in [1.29, 1.82) is 0 Å². The highest BCUT2D eigenvalue weighted by Crippen LogP contribution is 2.63. The Morgan fingerprint density at radius 3 is 2.49 bits per heavy atom. The van der Waals surface area contributed by atoms with Gasteiger partial charge in [0.2, 0.25) is 5.78 Å². The van der Waals surface area contributed by atoms with Crippen LogP contribution in [0.4, 0.5) is 0 Å². The van der Waals surface area contributed by atoms with E-state index >= 15 is 0 Å². The van der Waals surface area contributed by atoms with Crippen LogP contribution in [0.15, 0.2) is 34.3 Å². The molecule has 1 saturated heterocycles. The largest absolute Gasteiger partial charge is 0.504 e. The summed E-state index contributed by atoms with van der Waals surface area (Å²) in [5.74, 6) is -2.54. The first-order valence-corrected chi connectivity index (χ1v) is 13.7. The zero-order chi connectivity index (χ0) is 28.9. The van der Waals surface area contributed by atoms with E-state index in [9.17, 15) is 24.6 Å². The summed E-state index contributed by atoms with van der Waals surface area (Å²) in [6.45, 7) is 6.75. The number of esters is 2. The van der Waals surface area contributed by atoms with Crippen LogP contribution in [0.2, 0.25) is 0 Å². The molecule has 3 aliphatic carbocycles. The minimum atomic E-state index is -1.21. The minimum absolute atomic E-state index is 0.00669. The van der Waals surface area contributed by atoms with Crippen molar-refractivity contribution in [3.8, 4) is 0 Å². The molecule has 216 valence electrons. The number of aliphatic hydroxyl groups is 2. The van der Waals surface area contributed by atoms with Crippen molar-refractivity contribution < 1.29 is 38.8 Å². The van der Waals surface area contributed by atoms with Crippen LogP contribution >= 0.6 is 0 Å². The van der Waals surface area contributed by atoms with Crippen molar-refractivity contribution in [2.45, 2.75) is 64.8 Å². The van der Waals surface area contributed by atoms with Gasteiger partial charge in [-0.05, 0) is 51.8 Å². The fourth-order valence-electron chi connectivity index (χ4n) is 6.96. The summed E-state index contributed by atoms with van der Waals surface area (Å²) in [5.41, 5.74) is -0.773. The second-order valence-corrected chi connectivity index (χ2v) is 11.9. The summed E-state index contributed by atoms with van der Waals surface area (Å²) in [5, 5.41) is 22.6. The van der Waals surface area contributed by atoms with Crippen molar-refractivity contribution in [3.63, 3.8) is 0 Å². The SMILES string of the molecule is CCC(=O)OC1CC2(C)C(O)CCC2C2=C1C1(C)C(=C(O)C2=O)C(=CN(C)CCN(C)C)C(=O)OC1COC. The second-order valence-electron chi connectivity index (χ2n) is 11.9. The molecule has 0 aromatic rings. The van der Waals surface area contributed by atoms with Gasteiger partial charge in [0.25, 0.3) is 0 Å². The number of fused-ring (bicyclic) bond motifs is 4. The van der Waals surface area contributed by atoms with E-state index in [2.05, 4.69) is 0 Å². The number of carbonyl (C=O) groups excluding carboxylic acids is 3. The Balaban J connectivity index is 1.95. The van der Waals surface area contributed by atoms with Gasteiger partial charge in [-0.1, -0.05) is 13.8 Å². The molecule has 0 radical (unpaired) electrons. The molecule has 0 aromatic heterocycles. The van der Waals surface area contributed by atoms with Crippen molar-refractivity contribution in [3.05, 3.63) is 34.3 Å². The van der Waals surface area contributed by atoms with E-state index in [0.29, 0.717) is 37.0 Å². The van der Waals surface area contributed by atoms with Crippen molar-refractivity contribution in [2.24, 2.45) is 16.7 Å². The number of allylic oxidation sites excluding steroid dienone is 1. The standard InChI is InChI=1S/C29H42N2O8/c1-8-21(33)38-18-13-28(2)17(9-10-19(28)32)22-24(18)29(3)20(15-37-7)39-27(36)16(23(29)26(35)25(22)34)14-31(6)12-11-30(4)5/h14,17-20,32,35H,8-13,15H2,1-7H3. The topological polar surface area (TPSA) is 126 Å². The number of aliphatic hydroxyl groups excluding tert-OH is 2.